The molecule has 0 unspecified atom stereocenters. The number of rotatable bonds is 2. The van der Waals surface area contributed by atoms with Crippen molar-refractivity contribution in [2.24, 2.45) is 7.05 Å². The van der Waals surface area contributed by atoms with Crippen molar-refractivity contribution in [3.05, 3.63) is 78.6 Å². The Kier molecular flexibility index (Phi) is 5.16. The van der Waals surface area contributed by atoms with Crippen molar-refractivity contribution in [2.75, 3.05) is 6.54 Å². The van der Waals surface area contributed by atoms with Crippen LogP contribution in [0.3, 0.4) is 0 Å². The molecule has 1 amide bonds. The molecule has 0 spiro atoms. The lowest BCUT2D eigenvalue weighted by atomic mass is 10.1. The fourth-order valence-electron chi connectivity index (χ4n) is 3.54. The van der Waals surface area contributed by atoms with Gasteiger partial charge < -0.3 is 14.3 Å². The first-order valence-corrected chi connectivity index (χ1v) is 10.1. The molecule has 0 aliphatic carbocycles. The second-order valence-electron chi connectivity index (χ2n) is 7.28. The number of fused-ring (bicyclic) bond motifs is 2. The molecule has 0 radical (unpaired) electrons. The molecular formula is C22H20N8O2. The van der Waals surface area contributed by atoms with Crippen LogP contribution in [-0.4, -0.2) is 52.3 Å². The highest BCUT2D eigenvalue weighted by Gasteiger charge is 2.27. The number of aryl methyl sites for hydroxylation is 1. The molecule has 10 nitrogen and oxygen atoms in total. The third kappa shape index (κ3) is 3.85. The second kappa shape index (κ2) is 8.42. The van der Waals surface area contributed by atoms with E-state index in [2.05, 4.69) is 42.4 Å². The molecule has 0 fully saturated rings. The van der Waals surface area contributed by atoms with Crippen LogP contribution in [0.4, 0.5) is 0 Å². The van der Waals surface area contributed by atoms with Crippen LogP contribution in [0, 0.1) is 0 Å². The Morgan fingerprint density at radius 1 is 1.09 bits per heavy atom. The van der Waals surface area contributed by atoms with Gasteiger partial charge in [0.25, 0.3) is 5.89 Å². The molecule has 0 bridgehead atoms. The van der Waals surface area contributed by atoms with Gasteiger partial charge in [0, 0.05) is 38.6 Å². The van der Waals surface area contributed by atoms with Gasteiger partial charge in [-0.3, -0.25) is 14.5 Å². The Balaban J connectivity index is 0.000000180. The van der Waals surface area contributed by atoms with Gasteiger partial charge in [0.1, 0.15) is 5.69 Å². The number of hydrogen-bond acceptors (Lipinski definition) is 7. The first kappa shape index (κ1) is 19.6. The molecule has 32 heavy (non-hydrogen) atoms. The summed E-state index contributed by atoms with van der Waals surface area (Å²) in [5, 5.41) is 14.3. The molecular weight excluding hydrogens is 408 g/mol. The molecule has 0 saturated heterocycles. The van der Waals surface area contributed by atoms with Gasteiger partial charge in [-0.2, -0.15) is 5.10 Å². The van der Waals surface area contributed by atoms with E-state index in [1.54, 1.807) is 35.2 Å². The van der Waals surface area contributed by atoms with Gasteiger partial charge in [-0.25, -0.2) is 4.98 Å². The normalized spacial score (nSPS) is 12.8. The average molecular weight is 428 g/mol. The van der Waals surface area contributed by atoms with Crippen LogP contribution in [0.25, 0.3) is 22.4 Å². The average Bonchev–Trinajstić information content (AvgIpc) is 3.59. The highest BCUT2D eigenvalue weighted by molar-refractivity contribution is 5.89. The summed E-state index contributed by atoms with van der Waals surface area (Å²) < 4.78 is 7.10. The Morgan fingerprint density at radius 2 is 1.97 bits per heavy atom. The maximum Gasteiger partial charge on any atom is 0.311 e. The van der Waals surface area contributed by atoms with E-state index in [0.717, 1.165) is 11.4 Å². The highest BCUT2D eigenvalue weighted by Crippen LogP contribution is 2.20. The predicted octanol–water partition coefficient (Wildman–Crippen LogP) is 2.63. The largest absolute Gasteiger partial charge is 0.411 e. The van der Waals surface area contributed by atoms with Gasteiger partial charge in [0.05, 0.1) is 24.3 Å². The van der Waals surface area contributed by atoms with Crippen LogP contribution in [0.5, 0.6) is 0 Å². The minimum Gasteiger partial charge on any atom is -0.411 e. The number of carbonyl (C=O) groups excluding carboxylic acids is 1. The fraction of sp³-hybridized carbons (Fsp3) is 0.182. The van der Waals surface area contributed by atoms with Crippen LogP contribution >= 0.6 is 0 Å². The molecule has 1 N–H and O–H groups in total. The summed E-state index contributed by atoms with van der Waals surface area (Å²) in [4.78, 5) is 25.4. The van der Waals surface area contributed by atoms with Gasteiger partial charge in [0.15, 0.2) is 0 Å². The lowest BCUT2D eigenvalue weighted by molar-refractivity contribution is 0.0692. The Hall–Kier alpha value is -4.34. The Morgan fingerprint density at radius 3 is 2.78 bits per heavy atom. The summed E-state index contributed by atoms with van der Waals surface area (Å²) in [6, 6.07) is 11.9. The minimum absolute atomic E-state index is 0.0147. The molecule has 0 atom stereocenters. The summed E-state index contributed by atoms with van der Waals surface area (Å²) in [7, 11) is 1.77. The topological polar surface area (TPSA) is 119 Å². The van der Waals surface area contributed by atoms with E-state index < -0.39 is 0 Å². The number of aromatic amines is 1. The molecule has 0 saturated carbocycles. The highest BCUT2D eigenvalue weighted by atomic mass is 16.4. The van der Waals surface area contributed by atoms with Crippen molar-refractivity contribution >= 4 is 16.7 Å². The van der Waals surface area contributed by atoms with Crippen LogP contribution in [0.15, 0.2) is 65.7 Å². The van der Waals surface area contributed by atoms with Crippen LogP contribution in [0.2, 0.25) is 0 Å². The van der Waals surface area contributed by atoms with E-state index >= 15 is 0 Å². The monoisotopic (exact) mass is 428 g/mol. The number of hydrogen-bond donors (Lipinski definition) is 1. The molecule has 5 aromatic rings. The molecule has 160 valence electrons. The minimum atomic E-state index is -0.277. The van der Waals surface area contributed by atoms with E-state index in [-0.39, 0.29) is 17.7 Å². The van der Waals surface area contributed by atoms with Crippen molar-refractivity contribution in [1.82, 2.24) is 39.8 Å². The van der Waals surface area contributed by atoms with Crippen LogP contribution < -0.4 is 0 Å². The van der Waals surface area contributed by atoms with Gasteiger partial charge in [0.2, 0.25) is 0 Å². The molecule has 1 aliphatic rings. The lowest BCUT2D eigenvalue weighted by Gasteiger charge is -2.24. The van der Waals surface area contributed by atoms with E-state index in [0.29, 0.717) is 25.2 Å². The van der Waals surface area contributed by atoms with Crippen molar-refractivity contribution in [3.63, 3.8) is 0 Å². The third-order valence-corrected chi connectivity index (χ3v) is 5.26. The van der Waals surface area contributed by atoms with Crippen molar-refractivity contribution in [3.8, 4) is 11.6 Å². The third-order valence-electron chi connectivity index (χ3n) is 5.26. The SMILES string of the molecule is Cn1nccc1-c1nnc(C(=O)N2CCc3nc[nH]c3C2)o1.c1ccc2cnccc2c1. The number of carbonyl (C=O) groups is 1. The predicted molar refractivity (Wildman–Crippen MR) is 115 cm³/mol. The number of amides is 1. The number of nitrogens with zero attached hydrogens (tertiary/aromatic N) is 7. The molecule has 4 aromatic heterocycles. The maximum atomic E-state index is 12.5. The van der Waals surface area contributed by atoms with E-state index in [4.69, 9.17) is 4.42 Å². The zero-order valence-corrected chi connectivity index (χ0v) is 17.3. The number of H-pyrrole nitrogens is 1. The molecule has 1 aliphatic heterocycles. The maximum absolute atomic E-state index is 12.5. The Labute approximate surface area is 182 Å². The standard InChI is InChI=1S/C13H13N7O2.C9H7N/c1-19-10(2-4-16-19)11-17-18-12(22-11)13(21)20-5-3-8-9(6-20)15-7-14-8;1-2-4-9-7-10-6-5-8(9)3-1/h2,4,7H,3,5-6H2,1H3,(H,14,15);1-7H. The van der Waals surface area contributed by atoms with Crippen molar-refractivity contribution < 1.29 is 9.21 Å². The number of pyridine rings is 1. The number of nitrogens with one attached hydrogen (secondary N) is 1. The van der Waals surface area contributed by atoms with E-state index in [1.807, 2.05) is 30.6 Å². The summed E-state index contributed by atoms with van der Waals surface area (Å²) in [6.07, 6.45) is 7.67. The number of imidazole rings is 1. The van der Waals surface area contributed by atoms with Crippen molar-refractivity contribution in [2.45, 2.75) is 13.0 Å². The zero-order chi connectivity index (χ0) is 21.9. The first-order valence-electron chi connectivity index (χ1n) is 10.1. The van der Waals surface area contributed by atoms with Gasteiger partial charge in [-0.05, 0) is 22.9 Å². The number of aromatic nitrogens is 7. The van der Waals surface area contributed by atoms with Crippen LogP contribution in [-0.2, 0) is 20.0 Å². The summed E-state index contributed by atoms with van der Waals surface area (Å²) in [5.74, 6) is -0.0112. The summed E-state index contributed by atoms with van der Waals surface area (Å²) in [5.41, 5.74) is 2.62. The second-order valence-corrected chi connectivity index (χ2v) is 7.28. The zero-order valence-electron chi connectivity index (χ0n) is 17.3. The van der Waals surface area contributed by atoms with Gasteiger partial charge >= 0.3 is 11.8 Å². The summed E-state index contributed by atoms with van der Waals surface area (Å²) >= 11 is 0. The molecule has 5 heterocycles. The molecule has 1 aromatic carbocycles. The first-order chi connectivity index (χ1) is 15.7. The molecule has 6 rings (SSSR count). The van der Waals surface area contributed by atoms with Crippen molar-refractivity contribution in [1.29, 1.82) is 0 Å². The van der Waals surface area contributed by atoms with E-state index in [1.165, 1.54) is 10.8 Å². The van der Waals surface area contributed by atoms with Crippen LogP contribution in [0.1, 0.15) is 22.1 Å². The number of benzene rings is 1. The van der Waals surface area contributed by atoms with Gasteiger partial charge in [-0.15, -0.1) is 10.2 Å². The lowest BCUT2D eigenvalue weighted by Crippen LogP contribution is -2.36. The quantitative estimate of drug-likeness (QED) is 0.459. The fourth-order valence-corrected chi connectivity index (χ4v) is 3.54. The summed E-state index contributed by atoms with van der Waals surface area (Å²) in [6.45, 7) is 1.05. The van der Waals surface area contributed by atoms with E-state index in [9.17, 15) is 4.79 Å². The Bertz CT molecular complexity index is 1300. The molecule has 10 heteroatoms. The van der Waals surface area contributed by atoms with Gasteiger partial charge in [-0.1, -0.05) is 24.3 Å². The smallest absolute Gasteiger partial charge is 0.311 e.